The zero-order chi connectivity index (χ0) is 17.1. The van der Waals surface area contributed by atoms with Gasteiger partial charge < -0.3 is 9.47 Å². The molecule has 0 spiro atoms. The zero-order valence-corrected chi connectivity index (χ0v) is 14.4. The van der Waals surface area contributed by atoms with Gasteiger partial charge in [0.25, 0.3) is 5.91 Å². The van der Waals surface area contributed by atoms with Crippen LogP contribution in [0.5, 0.6) is 0 Å². The largest absolute Gasteiger partial charge is 0.344 e. The maximum Gasteiger partial charge on any atom is 0.259 e. The molecule has 1 saturated heterocycles. The van der Waals surface area contributed by atoms with Crippen LogP contribution in [0.4, 0.5) is 0 Å². The van der Waals surface area contributed by atoms with Crippen LogP contribution in [0.2, 0.25) is 0 Å². The highest BCUT2D eigenvalue weighted by Gasteiger charge is 2.24. The Morgan fingerprint density at radius 3 is 2.38 bits per heavy atom. The van der Waals surface area contributed by atoms with Gasteiger partial charge in [-0.3, -0.25) is 9.59 Å². The first kappa shape index (κ1) is 16.5. The summed E-state index contributed by atoms with van der Waals surface area (Å²) in [6, 6.07) is 11.7. The van der Waals surface area contributed by atoms with Crippen LogP contribution in [-0.2, 0) is 6.54 Å². The van der Waals surface area contributed by atoms with E-state index >= 15 is 0 Å². The van der Waals surface area contributed by atoms with Crippen LogP contribution < -0.4 is 5.43 Å². The lowest BCUT2D eigenvalue weighted by atomic mass is 10.1. The summed E-state index contributed by atoms with van der Waals surface area (Å²) in [5.41, 5.74) is 2.98. The second-order valence-corrected chi connectivity index (χ2v) is 6.53. The smallest absolute Gasteiger partial charge is 0.259 e. The summed E-state index contributed by atoms with van der Waals surface area (Å²) in [7, 11) is 0. The molecule has 2 heterocycles. The average molecular weight is 324 g/mol. The van der Waals surface area contributed by atoms with E-state index in [0.29, 0.717) is 12.1 Å². The fraction of sp³-hybridized carbons (Fsp3) is 0.400. The molecular weight excluding hydrogens is 300 g/mol. The Kier molecular flexibility index (Phi) is 4.84. The maximum absolute atomic E-state index is 12.9. The van der Waals surface area contributed by atoms with E-state index < -0.39 is 0 Å². The molecule has 126 valence electrons. The number of carbonyl (C=O) groups is 1. The molecule has 1 amide bonds. The first-order valence-corrected chi connectivity index (χ1v) is 8.62. The molecule has 0 aliphatic carbocycles. The van der Waals surface area contributed by atoms with Crippen molar-refractivity contribution in [1.82, 2.24) is 9.47 Å². The molecule has 3 rings (SSSR count). The van der Waals surface area contributed by atoms with Gasteiger partial charge in [-0.2, -0.15) is 0 Å². The van der Waals surface area contributed by atoms with E-state index in [-0.39, 0.29) is 11.3 Å². The molecule has 4 heteroatoms. The minimum Gasteiger partial charge on any atom is -0.344 e. The summed E-state index contributed by atoms with van der Waals surface area (Å²) in [5, 5.41) is 0. The van der Waals surface area contributed by atoms with Crippen LogP contribution in [0, 0.1) is 13.8 Å². The summed E-state index contributed by atoms with van der Waals surface area (Å²) in [6.45, 7) is 5.98. The predicted octanol–water partition coefficient (Wildman–Crippen LogP) is 3.14. The third-order valence-corrected chi connectivity index (χ3v) is 4.82. The fourth-order valence-electron chi connectivity index (χ4n) is 3.44. The summed E-state index contributed by atoms with van der Waals surface area (Å²) >= 11 is 0. The molecular formula is C20H24N2O2. The van der Waals surface area contributed by atoms with Crippen molar-refractivity contribution in [3.05, 3.63) is 69.1 Å². The van der Waals surface area contributed by atoms with Gasteiger partial charge in [-0.1, -0.05) is 30.3 Å². The van der Waals surface area contributed by atoms with Crippen LogP contribution in [0.3, 0.4) is 0 Å². The van der Waals surface area contributed by atoms with Gasteiger partial charge in [-0.15, -0.1) is 0 Å². The predicted molar refractivity (Wildman–Crippen MR) is 95.5 cm³/mol. The quantitative estimate of drug-likeness (QED) is 0.870. The van der Waals surface area contributed by atoms with Crippen molar-refractivity contribution >= 4 is 5.91 Å². The summed E-state index contributed by atoms with van der Waals surface area (Å²) in [4.78, 5) is 27.2. The Labute approximate surface area is 142 Å². The van der Waals surface area contributed by atoms with Gasteiger partial charge in [-0.05, 0) is 38.7 Å². The molecule has 2 aromatic rings. The van der Waals surface area contributed by atoms with Crippen LogP contribution in [0.1, 0.15) is 46.6 Å². The average Bonchev–Trinajstić information content (AvgIpc) is 2.60. The number of rotatable bonds is 3. The Morgan fingerprint density at radius 1 is 1.04 bits per heavy atom. The first-order valence-electron chi connectivity index (χ1n) is 8.62. The Hall–Kier alpha value is -2.36. The van der Waals surface area contributed by atoms with Crippen molar-refractivity contribution in [3.63, 3.8) is 0 Å². The molecule has 0 bridgehead atoms. The number of aromatic nitrogens is 1. The van der Waals surface area contributed by atoms with Crippen molar-refractivity contribution in [2.45, 2.75) is 39.7 Å². The number of pyridine rings is 1. The second-order valence-electron chi connectivity index (χ2n) is 6.53. The first-order chi connectivity index (χ1) is 11.6. The molecule has 1 aromatic heterocycles. The number of nitrogens with zero attached hydrogens (tertiary/aromatic N) is 2. The van der Waals surface area contributed by atoms with E-state index in [1.807, 2.05) is 36.9 Å². The standard InChI is InChI=1S/C20H24N2O2/c1-15-13-18(23)19(20(24)21-11-7-4-8-12-21)16(2)22(15)14-17-9-5-3-6-10-17/h3,5-6,9-10,13H,4,7-8,11-12,14H2,1-2H3. The minimum atomic E-state index is -0.162. The Morgan fingerprint density at radius 2 is 1.71 bits per heavy atom. The summed E-state index contributed by atoms with van der Waals surface area (Å²) < 4.78 is 2.06. The SMILES string of the molecule is Cc1cc(=O)c(C(=O)N2CCCCC2)c(C)n1Cc1ccccc1. The molecule has 0 atom stereocenters. The van der Waals surface area contributed by atoms with Gasteiger partial charge in [0, 0.05) is 37.1 Å². The van der Waals surface area contributed by atoms with Gasteiger partial charge in [0.05, 0.1) is 0 Å². The topological polar surface area (TPSA) is 42.3 Å². The van der Waals surface area contributed by atoms with Crippen molar-refractivity contribution in [3.8, 4) is 0 Å². The number of benzene rings is 1. The maximum atomic E-state index is 12.9. The van der Waals surface area contributed by atoms with E-state index in [0.717, 1.165) is 49.3 Å². The van der Waals surface area contributed by atoms with Crippen molar-refractivity contribution in [2.24, 2.45) is 0 Å². The number of carbonyl (C=O) groups excluding carboxylic acids is 1. The summed E-state index contributed by atoms with van der Waals surface area (Å²) in [6.07, 6.45) is 3.21. The summed E-state index contributed by atoms with van der Waals surface area (Å²) in [5.74, 6) is -0.112. The Bertz CT molecular complexity index is 787. The number of aryl methyl sites for hydroxylation is 1. The van der Waals surface area contributed by atoms with E-state index in [9.17, 15) is 9.59 Å². The lowest BCUT2D eigenvalue weighted by Crippen LogP contribution is -2.39. The molecule has 24 heavy (non-hydrogen) atoms. The molecule has 4 nitrogen and oxygen atoms in total. The van der Waals surface area contributed by atoms with Crippen molar-refractivity contribution in [2.75, 3.05) is 13.1 Å². The molecule has 0 N–H and O–H groups in total. The van der Waals surface area contributed by atoms with Crippen LogP contribution in [0.15, 0.2) is 41.2 Å². The number of hydrogen-bond acceptors (Lipinski definition) is 2. The number of amides is 1. The van der Waals surface area contributed by atoms with Crippen molar-refractivity contribution in [1.29, 1.82) is 0 Å². The highest BCUT2D eigenvalue weighted by molar-refractivity contribution is 5.95. The highest BCUT2D eigenvalue weighted by atomic mass is 16.2. The molecule has 1 aromatic carbocycles. The molecule has 1 fully saturated rings. The van der Waals surface area contributed by atoms with Crippen LogP contribution >= 0.6 is 0 Å². The second kappa shape index (κ2) is 7.04. The normalized spacial score (nSPS) is 14.7. The minimum absolute atomic E-state index is 0.112. The molecule has 0 saturated carbocycles. The molecule has 1 aliphatic rings. The molecule has 0 radical (unpaired) electrons. The van der Waals surface area contributed by atoms with Gasteiger partial charge in [0.15, 0.2) is 5.43 Å². The lowest BCUT2D eigenvalue weighted by molar-refractivity contribution is 0.0721. The highest BCUT2D eigenvalue weighted by Crippen LogP contribution is 2.16. The van der Waals surface area contributed by atoms with Gasteiger partial charge in [0.1, 0.15) is 5.56 Å². The van der Waals surface area contributed by atoms with Crippen LogP contribution in [-0.4, -0.2) is 28.5 Å². The molecule has 0 unspecified atom stereocenters. The number of piperidine rings is 1. The van der Waals surface area contributed by atoms with E-state index in [1.54, 1.807) is 6.07 Å². The van der Waals surface area contributed by atoms with E-state index in [2.05, 4.69) is 16.7 Å². The van der Waals surface area contributed by atoms with Gasteiger partial charge in [0.2, 0.25) is 0 Å². The van der Waals surface area contributed by atoms with Gasteiger partial charge in [-0.25, -0.2) is 0 Å². The van der Waals surface area contributed by atoms with E-state index in [4.69, 9.17) is 0 Å². The van der Waals surface area contributed by atoms with Gasteiger partial charge >= 0.3 is 0 Å². The van der Waals surface area contributed by atoms with Crippen LogP contribution in [0.25, 0.3) is 0 Å². The fourth-order valence-corrected chi connectivity index (χ4v) is 3.44. The van der Waals surface area contributed by atoms with E-state index in [1.165, 1.54) is 0 Å². The van der Waals surface area contributed by atoms with Crippen molar-refractivity contribution < 1.29 is 4.79 Å². The third-order valence-electron chi connectivity index (χ3n) is 4.82. The monoisotopic (exact) mass is 324 g/mol. The lowest BCUT2D eigenvalue weighted by Gasteiger charge is -2.28. The Balaban J connectivity index is 1.99. The zero-order valence-electron chi connectivity index (χ0n) is 14.4. The number of hydrogen-bond donors (Lipinski definition) is 0. The number of likely N-dealkylation sites (tertiary alicyclic amines) is 1. The third kappa shape index (κ3) is 3.28. The molecule has 1 aliphatic heterocycles.